The van der Waals surface area contributed by atoms with Gasteiger partial charge in [-0.25, -0.2) is 9.67 Å². The third-order valence-corrected chi connectivity index (χ3v) is 6.47. The van der Waals surface area contributed by atoms with Gasteiger partial charge in [-0.05, 0) is 44.0 Å². The highest BCUT2D eigenvalue weighted by Gasteiger charge is 2.45. The predicted octanol–water partition coefficient (Wildman–Crippen LogP) is 2.31. The summed E-state index contributed by atoms with van der Waals surface area (Å²) in [5.74, 6) is 0.844. The molecule has 130 valence electrons. The van der Waals surface area contributed by atoms with Gasteiger partial charge in [-0.3, -0.25) is 4.57 Å². The Morgan fingerprint density at radius 3 is 2.88 bits per heavy atom. The quantitative estimate of drug-likeness (QED) is 0.618. The van der Waals surface area contributed by atoms with Crippen molar-refractivity contribution >= 4 is 42.9 Å². The Morgan fingerprint density at radius 1 is 1.24 bits per heavy atom. The number of imidazole rings is 1. The van der Waals surface area contributed by atoms with Crippen LogP contribution in [-0.4, -0.2) is 42.4 Å². The van der Waals surface area contributed by atoms with Crippen molar-refractivity contribution in [2.75, 3.05) is 6.61 Å². The molecule has 2 aliphatic heterocycles. The fourth-order valence-electron chi connectivity index (χ4n) is 3.46. The molecule has 0 saturated carbocycles. The highest BCUT2D eigenvalue weighted by atomic mass is 79.9. The number of hydrogen-bond donors (Lipinski definition) is 1. The summed E-state index contributed by atoms with van der Waals surface area (Å²) >= 11 is 7.07. The Labute approximate surface area is 159 Å². The number of aromatic nitrogens is 5. The second-order valence-electron chi connectivity index (χ2n) is 6.07. The van der Waals surface area contributed by atoms with Crippen LogP contribution in [-0.2, 0) is 22.7 Å². The maximum Gasteiger partial charge on any atom is 0.164 e. The van der Waals surface area contributed by atoms with Gasteiger partial charge in [0.2, 0.25) is 0 Å². The van der Waals surface area contributed by atoms with Crippen LogP contribution in [0.1, 0.15) is 23.8 Å². The smallest absolute Gasteiger partial charge is 0.164 e. The maximum absolute atomic E-state index is 9.20. The molecule has 4 heterocycles. The summed E-state index contributed by atoms with van der Waals surface area (Å²) in [7, 11) is 0. The van der Waals surface area contributed by atoms with E-state index in [0.717, 1.165) is 25.8 Å². The lowest BCUT2D eigenvalue weighted by Gasteiger charge is -2.29. The van der Waals surface area contributed by atoms with Crippen LogP contribution in [0, 0.1) is 0 Å². The SMILES string of the molecule is OCc1cn([C@H]2CO[C@H]3[C@@H]2OCc2nc4cc(Br)c(Br)cc4n23)nn1. The summed E-state index contributed by atoms with van der Waals surface area (Å²) < 4.78 is 17.8. The molecule has 2 aromatic heterocycles. The summed E-state index contributed by atoms with van der Waals surface area (Å²) in [5, 5.41) is 17.2. The Kier molecular flexibility index (Phi) is 3.72. The maximum atomic E-state index is 9.20. The first kappa shape index (κ1) is 15.9. The van der Waals surface area contributed by atoms with E-state index < -0.39 is 0 Å². The summed E-state index contributed by atoms with van der Waals surface area (Å²) in [4.78, 5) is 4.67. The number of fused-ring (bicyclic) bond motifs is 5. The fraction of sp³-hybridized carbons (Fsp3) is 0.400. The first-order valence-electron chi connectivity index (χ1n) is 7.76. The lowest BCUT2D eigenvalue weighted by atomic mass is 10.1. The van der Waals surface area contributed by atoms with Crippen LogP contribution in [0.3, 0.4) is 0 Å². The Bertz CT molecular complexity index is 972. The molecule has 0 radical (unpaired) electrons. The van der Waals surface area contributed by atoms with Gasteiger partial charge < -0.3 is 14.6 Å². The topological polar surface area (TPSA) is 87.2 Å². The number of halogens is 2. The molecule has 0 unspecified atom stereocenters. The largest absolute Gasteiger partial charge is 0.390 e. The molecule has 0 bridgehead atoms. The minimum Gasteiger partial charge on any atom is -0.390 e. The minimum atomic E-state index is -0.270. The Balaban J connectivity index is 1.57. The van der Waals surface area contributed by atoms with E-state index in [2.05, 4.69) is 51.7 Å². The van der Waals surface area contributed by atoms with Crippen molar-refractivity contribution in [1.29, 1.82) is 0 Å². The van der Waals surface area contributed by atoms with E-state index in [4.69, 9.17) is 9.47 Å². The first-order chi connectivity index (χ1) is 12.2. The predicted molar refractivity (Wildman–Crippen MR) is 93.7 cm³/mol. The van der Waals surface area contributed by atoms with Gasteiger partial charge in [0.1, 0.15) is 30.3 Å². The molecule has 1 aromatic carbocycles. The van der Waals surface area contributed by atoms with Crippen LogP contribution < -0.4 is 0 Å². The van der Waals surface area contributed by atoms with Crippen LogP contribution in [0.25, 0.3) is 11.0 Å². The zero-order valence-electron chi connectivity index (χ0n) is 12.8. The van der Waals surface area contributed by atoms with Crippen molar-refractivity contribution in [3.8, 4) is 0 Å². The molecule has 10 heteroatoms. The van der Waals surface area contributed by atoms with Gasteiger partial charge in [0.15, 0.2) is 6.23 Å². The van der Waals surface area contributed by atoms with Gasteiger partial charge in [0.05, 0.1) is 30.4 Å². The lowest BCUT2D eigenvalue weighted by molar-refractivity contribution is -0.0864. The van der Waals surface area contributed by atoms with Gasteiger partial charge >= 0.3 is 0 Å². The summed E-state index contributed by atoms with van der Waals surface area (Å²) in [6, 6.07) is 3.92. The number of hydrogen-bond acceptors (Lipinski definition) is 6. The molecule has 2 aliphatic rings. The van der Waals surface area contributed by atoms with E-state index in [9.17, 15) is 5.11 Å². The van der Waals surface area contributed by atoms with Crippen LogP contribution in [0.4, 0.5) is 0 Å². The minimum absolute atomic E-state index is 0.0951. The highest BCUT2D eigenvalue weighted by molar-refractivity contribution is 9.13. The monoisotopic (exact) mass is 469 g/mol. The van der Waals surface area contributed by atoms with E-state index in [0.29, 0.717) is 18.9 Å². The molecule has 0 aliphatic carbocycles. The van der Waals surface area contributed by atoms with Crippen molar-refractivity contribution in [2.45, 2.75) is 31.6 Å². The molecule has 25 heavy (non-hydrogen) atoms. The molecule has 0 amide bonds. The van der Waals surface area contributed by atoms with Crippen molar-refractivity contribution in [3.05, 3.63) is 38.8 Å². The first-order valence-corrected chi connectivity index (χ1v) is 9.35. The molecule has 5 rings (SSSR count). The highest BCUT2D eigenvalue weighted by Crippen LogP contribution is 2.41. The molecular formula is C15H13Br2N5O3. The van der Waals surface area contributed by atoms with Crippen LogP contribution in [0.5, 0.6) is 0 Å². The van der Waals surface area contributed by atoms with Gasteiger partial charge in [-0.2, -0.15) is 0 Å². The number of nitrogens with zero attached hydrogens (tertiary/aromatic N) is 5. The van der Waals surface area contributed by atoms with Crippen LogP contribution >= 0.6 is 31.9 Å². The van der Waals surface area contributed by atoms with Gasteiger partial charge in [0, 0.05) is 8.95 Å². The summed E-state index contributed by atoms with van der Waals surface area (Å²) in [6.45, 7) is 0.731. The fourth-order valence-corrected chi connectivity index (χ4v) is 4.13. The second kappa shape index (κ2) is 5.85. The van der Waals surface area contributed by atoms with Crippen molar-refractivity contribution < 1.29 is 14.6 Å². The van der Waals surface area contributed by atoms with E-state index in [1.54, 1.807) is 10.9 Å². The van der Waals surface area contributed by atoms with Gasteiger partial charge in [0.25, 0.3) is 0 Å². The van der Waals surface area contributed by atoms with Gasteiger partial charge in [-0.1, -0.05) is 5.21 Å². The normalized spacial score (nSPS) is 25.3. The van der Waals surface area contributed by atoms with Crippen LogP contribution in [0.2, 0.25) is 0 Å². The van der Waals surface area contributed by atoms with Gasteiger partial charge in [-0.15, -0.1) is 5.10 Å². The zero-order valence-corrected chi connectivity index (χ0v) is 16.0. The lowest BCUT2D eigenvalue weighted by Crippen LogP contribution is -2.35. The standard InChI is InChI=1S/C15H13Br2N5O3/c16-8-1-10-11(2-9(8)17)22-13(18-10)6-24-14-12(5-25-15(14)22)21-3-7(4-23)19-20-21/h1-3,12,14-15,23H,4-6H2/t12-,14+,15-/m0/s1. The van der Waals surface area contributed by atoms with Crippen molar-refractivity contribution in [2.24, 2.45) is 0 Å². The number of rotatable bonds is 2. The number of benzene rings is 1. The molecule has 0 spiro atoms. The van der Waals surface area contributed by atoms with Crippen LogP contribution in [0.15, 0.2) is 27.3 Å². The molecule has 3 aromatic rings. The van der Waals surface area contributed by atoms with E-state index in [1.807, 2.05) is 12.1 Å². The third kappa shape index (κ3) is 2.39. The Morgan fingerprint density at radius 2 is 2.08 bits per heavy atom. The Hall–Kier alpha value is -1.33. The number of aliphatic hydroxyl groups is 1. The van der Waals surface area contributed by atoms with E-state index in [1.165, 1.54) is 0 Å². The van der Waals surface area contributed by atoms with Crippen molar-refractivity contribution in [3.63, 3.8) is 0 Å². The van der Waals surface area contributed by atoms with E-state index >= 15 is 0 Å². The molecule has 1 saturated heterocycles. The van der Waals surface area contributed by atoms with Crippen molar-refractivity contribution in [1.82, 2.24) is 24.5 Å². The molecule has 3 atom stereocenters. The molecule has 1 fully saturated rings. The molecule has 8 nitrogen and oxygen atoms in total. The third-order valence-electron chi connectivity index (χ3n) is 4.62. The molecule has 1 N–H and O–H groups in total. The number of aliphatic hydroxyl groups excluding tert-OH is 1. The second-order valence-corrected chi connectivity index (χ2v) is 7.78. The zero-order chi connectivity index (χ0) is 17.1. The average Bonchev–Trinajstić information content (AvgIpc) is 3.30. The average molecular weight is 471 g/mol. The summed E-state index contributed by atoms with van der Waals surface area (Å²) in [6.07, 6.45) is 1.27. The summed E-state index contributed by atoms with van der Waals surface area (Å²) in [5.41, 5.74) is 2.42. The number of ether oxygens (including phenoxy) is 2. The molecular weight excluding hydrogens is 458 g/mol. The van der Waals surface area contributed by atoms with E-state index in [-0.39, 0.29) is 25.0 Å².